The maximum atomic E-state index is 12.7. The highest BCUT2D eigenvalue weighted by atomic mass is 16.5. The number of rotatable bonds is 4. The van der Waals surface area contributed by atoms with E-state index in [0.717, 1.165) is 30.5 Å². The van der Waals surface area contributed by atoms with Gasteiger partial charge in [0.2, 0.25) is 5.88 Å². The van der Waals surface area contributed by atoms with Gasteiger partial charge >= 0.3 is 5.97 Å². The standard InChI is InChI=1S/C16H20N2O5/c1-22-14-11(9-10-3-2-4-12(10)17-14)13(19)18-16(15(20)21)5-7-23-8-6-16/h9H,2-8H2,1H3,(H,18,19)(H,20,21). The number of aliphatic carboxylic acids is 1. The van der Waals surface area contributed by atoms with Crippen molar-refractivity contribution < 1.29 is 24.2 Å². The third kappa shape index (κ3) is 2.88. The lowest BCUT2D eigenvalue weighted by Gasteiger charge is -2.34. The van der Waals surface area contributed by atoms with E-state index >= 15 is 0 Å². The van der Waals surface area contributed by atoms with Gasteiger partial charge in [-0.15, -0.1) is 0 Å². The van der Waals surface area contributed by atoms with Gasteiger partial charge in [0.25, 0.3) is 5.91 Å². The van der Waals surface area contributed by atoms with Crippen molar-refractivity contribution >= 4 is 11.9 Å². The Hall–Kier alpha value is -2.15. The first-order valence-electron chi connectivity index (χ1n) is 7.76. The first-order valence-corrected chi connectivity index (χ1v) is 7.76. The molecule has 23 heavy (non-hydrogen) atoms. The molecule has 0 atom stereocenters. The van der Waals surface area contributed by atoms with E-state index < -0.39 is 17.4 Å². The summed E-state index contributed by atoms with van der Waals surface area (Å²) >= 11 is 0. The van der Waals surface area contributed by atoms with Crippen LogP contribution in [0.15, 0.2) is 6.07 Å². The van der Waals surface area contributed by atoms with E-state index in [1.807, 2.05) is 0 Å². The molecule has 7 heteroatoms. The van der Waals surface area contributed by atoms with Crippen LogP contribution in [0.2, 0.25) is 0 Å². The van der Waals surface area contributed by atoms with E-state index in [1.165, 1.54) is 7.11 Å². The Balaban J connectivity index is 1.89. The van der Waals surface area contributed by atoms with Gasteiger partial charge < -0.3 is 19.9 Å². The third-order valence-corrected chi connectivity index (χ3v) is 4.56. The van der Waals surface area contributed by atoms with Crippen LogP contribution in [0.4, 0.5) is 0 Å². The maximum Gasteiger partial charge on any atom is 0.329 e. The molecule has 1 aliphatic carbocycles. The van der Waals surface area contributed by atoms with Gasteiger partial charge in [0, 0.05) is 31.7 Å². The number of aromatic nitrogens is 1. The number of pyridine rings is 1. The molecule has 2 heterocycles. The molecular formula is C16H20N2O5. The minimum Gasteiger partial charge on any atom is -0.480 e. The minimum atomic E-state index is -1.29. The first-order chi connectivity index (χ1) is 11.1. The van der Waals surface area contributed by atoms with Crippen molar-refractivity contribution in [3.8, 4) is 5.88 Å². The molecule has 2 N–H and O–H groups in total. The number of nitrogens with one attached hydrogen (secondary N) is 1. The fraction of sp³-hybridized carbons (Fsp3) is 0.562. The van der Waals surface area contributed by atoms with Crippen molar-refractivity contribution in [3.05, 3.63) is 22.9 Å². The molecule has 0 unspecified atom stereocenters. The highest BCUT2D eigenvalue weighted by molar-refractivity contribution is 5.99. The number of nitrogens with zero attached hydrogens (tertiary/aromatic N) is 1. The van der Waals surface area contributed by atoms with Gasteiger partial charge in [0.05, 0.1) is 7.11 Å². The number of ether oxygens (including phenoxy) is 2. The number of amides is 1. The van der Waals surface area contributed by atoms with Crippen LogP contribution >= 0.6 is 0 Å². The van der Waals surface area contributed by atoms with E-state index in [4.69, 9.17) is 9.47 Å². The summed E-state index contributed by atoms with van der Waals surface area (Å²) in [5, 5.41) is 12.2. The Morgan fingerprint density at radius 2 is 2.09 bits per heavy atom. The van der Waals surface area contributed by atoms with Crippen molar-refractivity contribution in [1.82, 2.24) is 10.3 Å². The van der Waals surface area contributed by atoms with Crippen LogP contribution in [0.5, 0.6) is 5.88 Å². The number of carboxylic acids is 1. The van der Waals surface area contributed by atoms with Crippen molar-refractivity contribution in [2.75, 3.05) is 20.3 Å². The van der Waals surface area contributed by atoms with Crippen LogP contribution in [0.1, 0.15) is 40.9 Å². The zero-order valence-electron chi connectivity index (χ0n) is 13.1. The molecule has 2 aliphatic rings. The summed E-state index contributed by atoms with van der Waals surface area (Å²) in [5.74, 6) is -1.26. The van der Waals surface area contributed by atoms with Crippen molar-refractivity contribution in [2.24, 2.45) is 0 Å². The summed E-state index contributed by atoms with van der Waals surface area (Å²) in [6.45, 7) is 0.623. The van der Waals surface area contributed by atoms with E-state index in [2.05, 4.69) is 10.3 Å². The average molecular weight is 320 g/mol. The number of carboxylic acid groups (broad SMARTS) is 1. The zero-order valence-corrected chi connectivity index (χ0v) is 13.1. The number of carbonyl (C=O) groups is 2. The lowest BCUT2D eigenvalue weighted by molar-refractivity contribution is -0.148. The van der Waals surface area contributed by atoms with E-state index in [-0.39, 0.29) is 18.7 Å². The number of carbonyl (C=O) groups excluding carboxylic acids is 1. The molecule has 1 saturated heterocycles. The van der Waals surface area contributed by atoms with Crippen LogP contribution in [0, 0.1) is 0 Å². The summed E-state index contributed by atoms with van der Waals surface area (Å²) in [7, 11) is 1.46. The fourth-order valence-corrected chi connectivity index (χ4v) is 3.17. The summed E-state index contributed by atoms with van der Waals surface area (Å²) in [5.41, 5.74) is 0.990. The largest absolute Gasteiger partial charge is 0.480 e. The normalized spacial score (nSPS) is 19.0. The summed E-state index contributed by atoms with van der Waals surface area (Å²) in [6.07, 6.45) is 3.25. The molecule has 124 valence electrons. The number of hydrogen-bond donors (Lipinski definition) is 2. The lowest BCUT2D eigenvalue weighted by Crippen LogP contribution is -2.57. The topological polar surface area (TPSA) is 97.8 Å². The molecule has 0 radical (unpaired) electrons. The van der Waals surface area contributed by atoms with E-state index in [0.29, 0.717) is 18.8 Å². The Kier molecular flexibility index (Phi) is 4.21. The molecular weight excluding hydrogens is 300 g/mol. The van der Waals surface area contributed by atoms with Crippen molar-refractivity contribution in [1.29, 1.82) is 0 Å². The highest BCUT2D eigenvalue weighted by Crippen LogP contribution is 2.28. The van der Waals surface area contributed by atoms with E-state index in [9.17, 15) is 14.7 Å². The van der Waals surface area contributed by atoms with Gasteiger partial charge in [-0.3, -0.25) is 4.79 Å². The molecule has 1 aliphatic heterocycles. The Labute approximate surface area is 134 Å². The molecule has 0 aromatic carbocycles. The molecule has 1 fully saturated rings. The number of fused-ring (bicyclic) bond motifs is 1. The fourth-order valence-electron chi connectivity index (χ4n) is 3.17. The first kappa shape index (κ1) is 15.7. The summed E-state index contributed by atoms with van der Waals surface area (Å²) < 4.78 is 10.4. The molecule has 0 spiro atoms. The Bertz CT molecular complexity index is 638. The molecule has 1 amide bonds. The van der Waals surface area contributed by atoms with Gasteiger partial charge in [-0.25, -0.2) is 9.78 Å². The van der Waals surface area contributed by atoms with Crippen LogP contribution in [-0.2, 0) is 22.4 Å². The smallest absolute Gasteiger partial charge is 0.329 e. The predicted octanol–water partition coefficient (Wildman–Crippen LogP) is 0.942. The third-order valence-electron chi connectivity index (χ3n) is 4.56. The maximum absolute atomic E-state index is 12.7. The number of methoxy groups -OCH3 is 1. The van der Waals surface area contributed by atoms with E-state index in [1.54, 1.807) is 6.07 Å². The van der Waals surface area contributed by atoms with Crippen molar-refractivity contribution in [2.45, 2.75) is 37.6 Å². The number of hydrogen-bond acceptors (Lipinski definition) is 5. The Morgan fingerprint density at radius 1 is 1.35 bits per heavy atom. The molecule has 1 aromatic rings. The van der Waals surface area contributed by atoms with Gasteiger partial charge in [0.15, 0.2) is 0 Å². The molecule has 1 aromatic heterocycles. The lowest BCUT2D eigenvalue weighted by atomic mass is 9.89. The van der Waals surface area contributed by atoms with Crippen LogP contribution in [0.3, 0.4) is 0 Å². The summed E-state index contributed by atoms with van der Waals surface area (Å²) in [4.78, 5) is 28.7. The Morgan fingerprint density at radius 3 is 2.74 bits per heavy atom. The SMILES string of the molecule is COc1nc2c(cc1C(=O)NC1(C(=O)O)CCOCC1)CCC2. The van der Waals surface area contributed by atoms with Crippen molar-refractivity contribution in [3.63, 3.8) is 0 Å². The van der Waals surface area contributed by atoms with Crippen LogP contribution < -0.4 is 10.1 Å². The molecule has 0 saturated carbocycles. The zero-order chi connectivity index (χ0) is 16.4. The second kappa shape index (κ2) is 6.16. The molecule has 7 nitrogen and oxygen atoms in total. The van der Waals surface area contributed by atoms with Gasteiger partial charge in [-0.2, -0.15) is 0 Å². The van der Waals surface area contributed by atoms with Gasteiger partial charge in [-0.05, 0) is 30.9 Å². The van der Waals surface area contributed by atoms with Crippen LogP contribution in [0.25, 0.3) is 0 Å². The van der Waals surface area contributed by atoms with Crippen LogP contribution in [-0.4, -0.2) is 47.8 Å². The average Bonchev–Trinajstić information content (AvgIpc) is 3.01. The monoisotopic (exact) mass is 320 g/mol. The van der Waals surface area contributed by atoms with Gasteiger partial charge in [-0.1, -0.05) is 0 Å². The van der Waals surface area contributed by atoms with Gasteiger partial charge in [0.1, 0.15) is 11.1 Å². The number of aryl methyl sites for hydroxylation is 2. The quantitative estimate of drug-likeness (QED) is 0.857. The highest BCUT2D eigenvalue weighted by Gasteiger charge is 2.42. The molecule has 0 bridgehead atoms. The predicted molar refractivity (Wildman–Crippen MR) is 80.7 cm³/mol. The minimum absolute atomic E-state index is 0.245. The summed E-state index contributed by atoms with van der Waals surface area (Å²) in [6, 6.07) is 1.78. The second-order valence-corrected chi connectivity index (χ2v) is 5.96. The molecule has 3 rings (SSSR count). The second-order valence-electron chi connectivity index (χ2n) is 5.96.